The molecule has 0 aliphatic carbocycles. The summed E-state index contributed by atoms with van der Waals surface area (Å²) in [6.07, 6.45) is 2.00. The third-order valence-corrected chi connectivity index (χ3v) is 4.45. The largest absolute Gasteiger partial charge is 0.466 e. The molecule has 29 heavy (non-hydrogen) atoms. The van der Waals surface area contributed by atoms with Gasteiger partial charge in [-0.25, -0.2) is 0 Å². The molecule has 1 heterocycles. The summed E-state index contributed by atoms with van der Waals surface area (Å²) in [5, 5.41) is 5.23. The highest BCUT2D eigenvalue weighted by molar-refractivity contribution is 6.03. The lowest BCUT2D eigenvalue weighted by atomic mass is 10.1. The van der Waals surface area contributed by atoms with Crippen LogP contribution in [0.1, 0.15) is 37.8 Å². The molecule has 2 rings (SSSR count). The van der Waals surface area contributed by atoms with Gasteiger partial charge in [-0.3, -0.25) is 19.2 Å². The lowest BCUT2D eigenvalue weighted by Crippen LogP contribution is -2.58. The number of piperazine rings is 1. The van der Waals surface area contributed by atoms with Crippen LogP contribution in [0.3, 0.4) is 0 Å². The molecule has 1 saturated heterocycles. The van der Waals surface area contributed by atoms with Crippen LogP contribution in [0.15, 0.2) is 30.0 Å². The van der Waals surface area contributed by atoms with E-state index in [1.165, 1.54) is 11.8 Å². The molecule has 3 amide bonds. The maximum atomic E-state index is 13.2. The van der Waals surface area contributed by atoms with Crippen molar-refractivity contribution in [2.24, 2.45) is 0 Å². The first-order chi connectivity index (χ1) is 13.8. The van der Waals surface area contributed by atoms with Gasteiger partial charge in [-0.1, -0.05) is 31.2 Å². The lowest BCUT2D eigenvalue weighted by molar-refractivity contribution is -0.151. The van der Waals surface area contributed by atoms with Gasteiger partial charge in [-0.15, -0.1) is 0 Å². The van der Waals surface area contributed by atoms with Crippen molar-refractivity contribution in [1.29, 1.82) is 0 Å². The molecule has 1 aromatic carbocycles. The molecule has 0 radical (unpaired) electrons. The Balaban J connectivity index is 2.31. The fraction of sp³-hybridized carbons (Fsp3) is 0.429. The maximum Gasteiger partial charge on any atom is 0.308 e. The molecule has 8 heteroatoms. The Bertz CT molecular complexity index is 818. The molecule has 0 bridgehead atoms. The number of nitrogens with one attached hydrogen (secondary N) is 2. The highest BCUT2D eigenvalue weighted by Crippen LogP contribution is 2.17. The molecule has 0 aromatic heterocycles. The molecule has 8 nitrogen and oxygen atoms in total. The first-order valence-electron chi connectivity index (χ1n) is 9.62. The van der Waals surface area contributed by atoms with E-state index in [2.05, 4.69) is 10.6 Å². The summed E-state index contributed by atoms with van der Waals surface area (Å²) in [7, 11) is 0. The summed E-state index contributed by atoms with van der Waals surface area (Å²) < 4.78 is 5.07. The topological polar surface area (TPSA) is 105 Å². The number of benzene rings is 1. The molecule has 156 valence electrons. The number of aryl methyl sites for hydroxylation is 1. The quantitative estimate of drug-likeness (QED) is 0.527. The van der Waals surface area contributed by atoms with E-state index >= 15 is 0 Å². The number of amides is 3. The first-order valence-corrected chi connectivity index (χ1v) is 9.62. The van der Waals surface area contributed by atoms with Crippen molar-refractivity contribution in [1.82, 2.24) is 15.5 Å². The minimum Gasteiger partial charge on any atom is -0.466 e. The van der Waals surface area contributed by atoms with Gasteiger partial charge in [-0.05, 0) is 30.5 Å². The minimum atomic E-state index is -0.991. The molecule has 0 saturated carbocycles. The van der Waals surface area contributed by atoms with Gasteiger partial charge in [-0.2, -0.15) is 0 Å². The SMILES string of the molecule is CCCOC(=O)CC1C(=O)NCCN1C(=O)/C(=C/c1ccccc1C)NC(C)=O. The van der Waals surface area contributed by atoms with Gasteiger partial charge in [0.25, 0.3) is 5.91 Å². The van der Waals surface area contributed by atoms with Crippen molar-refractivity contribution >= 4 is 29.8 Å². The predicted octanol–water partition coefficient (Wildman–Crippen LogP) is 1.14. The number of rotatable bonds is 7. The number of carbonyl (C=O) groups excluding carboxylic acids is 4. The second kappa shape index (κ2) is 10.4. The van der Waals surface area contributed by atoms with Gasteiger partial charge in [0.15, 0.2) is 0 Å². The molecule has 1 aliphatic rings. The highest BCUT2D eigenvalue weighted by Gasteiger charge is 2.36. The van der Waals surface area contributed by atoms with Gasteiger partial charge >= 0.3 is 5.97 Å². The fourth-order valence-corrected chi connectivity index (χ4v) is 2.99. The number of carbonyl (C=O) groups is 4. The zero-order valence-corrected chi connectivity index (χ0v) is 17.0. The number of nitrogens with zero attached hydrogens (tertiary/aromatic N) is 1. The van der Waals surface area contributed by atoms with Crippen molar-refractivity contribution < 1.29 is 23.9 Å². The zero-order chi connectivity index (χ0) is 21.4. The molecule has 2 N–H and O–H groups in total. The molecule has 1 aliphatic heterocycles. The number of hydrogen-bond acceptors (Lipinski definition) is 5. The van der Waals surface area contributed by atoms with E-state index in [0.717, 1.165) is 11.1 Å². The Morgan fingerprint density at radius 3 is 2.69 bits per heavy atom. The maximum absolute atomic E-state index is 13.2. The van der Waals surface area contributed by atoms with E-state index < -0.39 is 29.7 Å². The van der Waals surface area contributed by atoms with Crippen LogP contribution in [0.25, 0.3) is 6.08 Å². The van der Waals surface area contributed by atoms with E-state index in [0.29, 0.717) is 6.42 Å². The first kappa shape index (κ1) is 22.1. The van der Waals surface area contributed by atoms with E-state index in [4.69, 9.17) is 4.74 Å². The van der Waals surface area contributed by atoms with Gasteiger partial charge in [0, 0.05) is 20.0 Å². The number of hydrogen-bond donors (Lipinski definition) is 2. The van der Waals surface area contributed by atoms with E-state index in [9.17, 15) is 19.2 Å². The highest BCUT2D eigenvalue weighted by atomic mass is 16.5. The van der Waals surface area contributed by atoms with Crippen LogP contribution < -0.4 is 10.6 Å². The Labute approximate surface area is 170 Å². The lowest BCUT2D eigenvalue weighted by Gasteiger charge is -2.35. The minimum absolute atomic E-state index is 0.0495. The van der Waals surface area contributed by atoms with Crippen LogP contribution in [0.5, 0.6) is 0 Å². The summed E-state index contributed by atoms with van der Waals surface area (Å²) >= 11 is 0. The van der Waals surface area contributed by atoms with Gasteiger partial charge in [0.05, 0.1) is 13.0 Å². The summed E-state index contributed by atoms with van der Waals surface area (Å²) in [5.74, 6) is -1.89. The average Bonchev–Trinajstić information content (AvgIpc) is 2.68. The van der Waals surface area contributed by atoms with Crippen molar-refractivity contribution in [2.45, 2.75) is 39.7 Å². The molecule has 1 unspecified atom stereocenters. The van der Waals surface area contributed by atoms with E-state index in [-0.39, 0.29) is 31.8 Å². The van der Waals surface area contributed by atoms with Crippen LogP contribution in [0, 0.1) is 6.92 Å². The van der Waals surface area contributed by atoms with Crippen molar-refractivity contribution in [3.63, 3.8) is 0 Å². The summed E-state index contributed by atoms with van der Waals surface area (Å²) in [4.78, 5) is 50.6. The van der Waals surface area contributed by atoms with Crippen LogP contribution in [-0.2, 0) is 23.9 Å². The molecule has 1 fully saturated rings. The average molecular weight is 401 g/mol. The van der Waals surface area contributed by atoms with Crippen LogP contribution >= 0.6 is 0 Å². The van der Waals surface area contributed by atoms with Crippen molar-refractivity contribution in [3.8, 4) is 0 Å². The zero-order valence-electron chi connectivity index (χ0n) is 17.0. The summed E-state index contributed by atoms with van der Waals surface area (Å²) in [6, 6.07) is 6.43. The van der Waals surface area contributed by atoms with Crippen LogP contribution in [0.2, 0.25) is 0 Å². The standard InChI is InChI=1S/C21H27N3O5/c1-4-11-29-19(26)13-18-20(27)22-9-10-24(18)21(28)17(23-15(3)25)12-16-8-6-5-7-14(16)2/h5-8,12,18H,4,9-11,13H2,1-3H3,(H,22,27)(H,23,25)/b17-12-. The molecular weight excluding hydrogens is 374 g/mol. The monoisotopic (exact) mass is 401 g/mol. The number of ether oxygens (including phenoxy) is 1. The third-order valence-electron chi connectivity index (χ3n) is 4.45. The summed E-state index contributed by atoms with van der Waals surface area (Å²) in [6.45, 7) is 5.81. The Morgan fingerprint density at radius 2 is 2.03 bits per heavy atom. The Morgan fingerprint density at radius 1 is 1.31 bits per heavy atom. The van der Waals surface area contributed by atoms with Gasteiger partial charge < -0.3 is 20.3 Å². The van der Waals surface area contributed by atoms with Crippen LogP contribution in [0.4, 0.5) is 0 Å². The molecular formula is C21H27N3O5. The van der Waals surface area contributed by atoms with E-state index in [1.807, 2.05) is 38.1 Å². The van der Waals surface area contributed by atoms with Crippen molar-refractivity contribution in [3.05, 3.63) is 41.1 Å². The third kappa shape index (κ3) is 6.17. The number of esters is 1. The molecule has 1 aromatic rings. The van der Waals surface area contributed by atoms with Crippen LogP contribution in [-0.4, -0.2) is 54.3 Å². The van der Waals surface area contributed by atoms with Gasteiger partial charge in [0.1, 0.15) is 11.7 Å². The second-order valence-electron chi connectivity index (χ2n) is 6.83. The second-order valence-corrected chi connectivity index (χ2v) is 6.83. The fourth-order valence-electron chi connectivity index (χ4n) is 2.99. The van der Waals surface area contributed by atoms with Gasteiger partial charge in [0.2, 0.25) is 11.8 Å². The normalized spacial score (nSPS) is 16.8. The Hall–Kier alpha value is -3.16. The predicted molar refractivity (Wildman–Crippen MR) is 107 cm³/mol. The van der Waals surface area contributed by atoms with Crippen molar-refractivity contribution in [2.75, 3.05) is 19.7 Å². The smallest absolute Gasteiger partial charge is 0.308 e. The summed E-state index contributed by atoms with van der Waals surface area (Å²) in [5.41, 5.74) is 1.75. The Kier molecular flexibility index (Phi) is 7.94. The molecule has 0 spiro atoms. The van der Waals surface area contributed by atoms with E-state index in [1.54, 1.807) is 6.08 Å². The molecule has 1 atom stereocenters.